The predicted octanol–water partition coefficient (Wildman–Crippen LogP) is 1.65. The number of aliphatic hydroxyl groups is 2. The summed E-state index contributed by atoms with van der Waals surface area (Å²) in [6.45, 7) is 4.50. The van der Waals surface area contributed by atoms with E-state index in [9.17, 15) is 4.79 Å². The van der Waals surface area contributed by atoms with Crippen molar-refractivity contribution in [2.45, 2.75) is 32.7 Å². The zero-order chi connectivity index (χ0) is 15.7. The second-order valence-electron chi connectivity index (χ2n) is 4.99. The molecule has 1 aromatic carbocycles. The average molecular weight is 289 g/mol. The van der Waals surface area contributed by atoms with Crippen molar-refractivity contribution in [2.24, 2.45) is 0 Å². The maximum Gasteiger partial charge on any atom is 0.255 e. The minimum atomic E-state index is -0.0765. The van der Waals surface area contributed by atoms with E-state index in [-0.39, 0.29) is 25.2 Å². The summed E-state index contributed by atoms with van der Waals surface area (Å²) in [5, 5.41) is 17.7. The highest BCUT2D eigenvalue weighted by molar-refractivity contribution is 5.96. The van der Waals surface area contributed by atoms with E-state index in [1.807, 2.05) is 32.0 Å². The van der Waals surface area contributed by atoms with Crippen molar-refractivity contribution in [3.8, 4) is 11.8 Å². The van der Waals surface area contributed by atoms with Crippen LogP contribution in [0, 0.1) is 11.8 Å². The largest absolute Gasteiger partial charge is 0.396 e. The molecule has 1 rings (SSSR count). The lowest BCUT2D eigenvalue weighted by Crippen LogP contribution is -2.38. The maximum atomic E-state index is 12.7. The van der Waals surface area contributed by atoms with Crippen molar-refractivity contribution >= 4 is 5.91 Å². The van der Waals surface area contributed by atoms with Crippen molar-refractivity contribution in [1.29, 1.82) is 0 Å². The summed E-state index contributed by atoms with van der Waals surface area (Å²) in [7, 11) is 0. The van der Waals surface area contributed by atoms with Gasteiger partial charge in [-0.05, 0) is 32.4 Å². The molecule has 2 N–H and O–H groups in total. The Morgan fingerprint density at radius 1 is 1.24 bits per heavy atom. The number of carbonyl (C=O) groups is 1. The van der Waals surface area contributed by atoms with Gasteiger partial charge < -0.3 is 15.1 Å². The first-order chi connectivity index (χ1) is 10.1. The van der Waals surface area contributed by atoms with Gasteiger partial charge in [0.25, 0.3) is 5.91 Å². The summed E-state index contributed by atoms with van der Waals surface area (Å²) in [5.74, 6) is 5.71. The molecule has 21 heavy (non-hydrogen) atoms. The lowest BCUT2D eigenvalue weighted by atomic mass is 10.1. The summed E-state index contributed by atoms with van der Waals surface area (Å²) in [4.78, 5) is 14.4. The molecular weight excluding hydrogens is 266 g/mol. The molecule has 0 aliphatic rings. The fraction of sp³-hybridized carbons (Fsp3) is 0.471. The number of hydrogen-bond acceptors (Lipinski definition) is 3. The molecule has 1 aromatic rings. The van der Waals surface area contributed by atoms with Crippen LogP contribution in [-0.2, 0) is 0 Å². The fourth-order valence-corrected chi connectivity index (χ4v) is 1.98. The van der Waals surface area contributed by atoms with Gasteiger partial charge in [-0.15, -0.1) is 0 Å². The number of hydrogen-bond donors (Lipinski definition) is 2. The van der Waals surface area contributed by atoms with Gasteiger partial charge in [0.15, 0.2) is 0 Å². The summed E-state index contributed by atoms with van der Waals surface area (Å²) < 4.78 is 0. The summed E-state index contributed by atoms with van der Waals surface area (Å²) in [6.07, 6.45) is 0.948. The van der Waals surface area contributed by atoms with Gasteiger partial charge >= 0.3 is 0 Å². The van der Waals surface area contributed by atoms with Crippen LogP contribution in [0.2, 0.25) is 0 Å². The minimum Gasteiger partial charge on any atom is -0.396 e. The van der Waals surface area contributed by atoms with Crippen LogP contribution >= 0.6 is 0 Å². The number of carbonyl (C=O) groups excluding carboxylic acids is 1. The molecule has 1 amide bonds. The van der Waals surface area contributed by atoms with Crippen molar-refractivity contribution in [2.75, 3.05) is 19.8 Å². The van der Waals surface area contributed by atoms with Crippen LogP contribution in [-0.4, -0.2) is 46.8 Å². The second-order valence-corrected chi connectivity index (χ2v) is 4.99. The van der Waals surface area contributed by atoms with Gasteiger partial charge in [0.1, 0.15) is 0 Å². The molecule has 0 aliphatic heterocycles. The van der Waals surface area contributed by atoms with E-state index in [1.165, 1.54) is 0 Å². The number of rotatable bonds is 6. The molecule has 0 radical (unpaired) electrons. The fourth-order valence-electron chi connectivity index (χ4n) is 1.98. The third kappa shape index (κ3) is 5.22. The first kappa shape index (κ1) is 17.2. The zero-order valence-corrected chi connectivity index (χ0v) is 12.7. The average Bonchev–Trinajstić information content (AvgIpc) is 2.48. The minimum absolute atomic E-state index is 0.0116. The monoisotopic (exact) mass is 289 g/mol. The van der Waals surface area contributed by atoms with Gasteiger partial charge in [-0.3, -0.25) is 4.79 Å². The highest BCUT2D eigenvalue weighted by atomic mass is 16.3. The smallest absolute Gasteiger partial charge is 0.255 e. The molecule has 4 nitrogen and oxygen atoms in total. The molecule has 0 aliphatic carbocycles. The summed E-state index contributed by atoms with van der Waals surface area (Å²) in [5.41, 5.74) is 1.24. The molecule has 0 heterocycles. The Morgan fingerprint density at radius 2 is 1.95 bits per heavy atom. The van der Waals surface area contributed by atoms with Gasteiger partial charge in [0.2, 0.25) is 0 Å². The number of nitrogens with zero attached hydrogens (tertiary/aromatic N) is 1. The highest BCUT2D eigenvalue weighted by Crippen LogP contribution is 2.13. The molecule has 0 saturated carbocycles. The lowest BCUT2D eigenvalue weighted by molar-refractivity contribution is 0.0693. The molecule has 0 saturated heterocycles. The Balaban J connectivity index is 3.02. The summed E-state index contributed by atoms with van der Waals surface area (Å²) >= 11 is 0. The van der Waals surface area contributed by atoms with Crippen LogP contribution in [0.25, 0.3) is 0 Å². The first-order valence-corrected chi connectivity index (χ1v) is 7.22. The van der Waals surface area contributed by atoms with E-state index in [1.54, 1.807) is 11.0 Å². The molecule has 114 valence electrons. The molecular formula is C17H23NO3. The Kier molecular flexibility index (Phi) is 7.52. The van der Waals surface area contributed by atoms with E-state index < -0.39 is 0 Å². The topological polar surface area (TPSA) is 60.8 Å². The highest BCUT2D eigenvalue weighted by Gasteiger charge is 2.20. The third-order valence-electron chi connectivity index (χ3n) is 3.06. The number of amides is 1. The molecule has 0 unspecified atom stereocenters. The van der Waals surface area contributed by atoms with Crippen molar-refractivity contribution in [1.82, 2.24) is 4.90 Å². The SMILES string of the molecule is CC(C)N(CCCO)C(=O)c1ccccc1C#CCCO. The maximum absolute atomic E-state index is 12.7. The van der Waals surface area contributed by atoms with Crippen LogP contribution in [0.4, 0.5) is 0 Å². The van der Waals surface area contributed by atoms with Gasteiger partial charge in [0, 0.05) is 31.2 Å². The van der Waals surface area contributed by atoms with Crippen LogP contribution in [0.5, 0.6) is 0 Å². The first-order valence-electron chi connectivity index (χ1n) is 7.22. The molecule has 4 heteroatoms. The van der Waals surface area contributed by atoms with E-state index in [0.29, 0.717) is 30.5 Å². The molecule has 0 fully saturated rings. The van der Waals surface area contributed by atoms with Crippen molar-refractivity contribution < 1.29 is 15.0 Å². The van der Waals surface area contributed by atoms with Crippen LogP contribution < -0.4 is 0 Å². The summed E-state index contributed by atoms with van der Waals surface area (Å²) in [6, 6.07) is 7.28. The van der Waals surface area contributed by atoms with Crippen LogP contribution in [0.15, 0.2) is 24.3 Å². The van der Waals surface area contributed by atoms with Gasteiger partial charge in [-0.2, -0.15) is 0 Å². The third-order valence-corrected chi connectivity index (χ3v) is 3.06. The van der Waals surface area contributed by atoms with E-state index >= 15 is 0 Å². The molecule has 0 spiro atoms. The van der Waals surface area contributed by atoms with Crippen molar-refractivity contribution in [3.05, 3.63) is 35.4 Å². The normalized spacial score (nSPS) is 10.1. The Hall–Kier alpha value is -1.83. The van der Waals surface area contributed by atoms with Crippen LogP contribution in [0.1, 0.15) is 42.6 Å². The Morgan fingerprint density at radius 3 is 2.57 bits per heavy atom. The van der Waals surface area contributed by atoms with Crippen molar-refractivity contribution in [3.63, 3.8) is 0 Å². The Labute approximate surface area is 126 Å². The van der Waals surface area contributed by atoms with Gasteiger partial charge in [-0.1, -0.05) is 24.0 Å². The molecule has 0 bridgehead atoms. The van der Waals surface area contributed by atoms with E-state index in [4.69, 9.17) is 10.2 Å². The number of aliphatic hydroxyl groups excluding tert-OH is 2. The zero-order valence-electron chi connectivity index (χ0n) is 12.7. The van der Waals surface area contributed by atoms with Gasteiger partial charge in [-0.25, -0.2) is 0 Å². The molecule has 0 aromatic heterocycles. The predicted molar refractivity (Wildman–Crippen MR) is 82.9 cm³/mol. The van der Waals surface area contributed by atoms with E-state index in [0.717, 1.165) is 0 Å². The standard InChI is InChI=1S/C17H23NO3/c1-14(2)18(11-7-13-20)17(21)16-10-4-3-8-15(16)9-5-6-12-19/h3-4,8,10,14,19-20H,6-7,11-13H2,1-2H3. The van der Waals surface area contributed by atoms with Crippen LogP contribution in [0.3, 0.4) is 0 Å². The second kappa shape index (κ2) is 9.17. The quantitative estimate of drug-likeness (QED) is 0.783. The van der Waals surface area contributed by atoms with E-state index in [2.05, 4.69) is 11.8 Å². The Bertz CT molecular complexity index is 514. The number of benzene rings is 1. The van der Waals surface area contributed by atoms with Gasteiger partial charge in [0.05, 0.1) is 12.2 Å². The molecule has 0 atom stereocenters. The lowest BCUT2D eigenvalue weighted by Gasteiger charge is -2.27.